The van der Waals surface area contributed by atoms with Crippen LogP contribution in [0.2, 0.25) is 0 Å². The summed E-state index contributed by atoms with van der Waals surface area (Å²) >= 11 is 0. The van der Waals surface area contributed by atoms with E-state index < -0.39 is 0 Å². The van der Waals surface area contributed by atoms with E-state index in [1.165, 1.54) is 31.2 Å². The number of hydrogen-bond donors (Lipinski definition) is 2. The fraction of sp³-hybridized carbons (Fsp3) is 0.571. The van der Waals surface area contributed by atoms with Crippen molar-refractivity contribution in [2.24, 2.45) is 0 Å². The van der Waals surface area contributed by atoms with Crippen molar-refractivity contribution in [2.75, 3.05) is 0 Å². The molecule has 1 atom stereocenters. The standard InChI is InChI=1S/C14H21N3O/c1-3-5-6-7-10(4-2)11-8-9-15-13-12(11)16-14(18)17-13/h8-10H,3-7H2,1-2H3,(H2,15,16,17,18). The number of aromatic amines is 2. The molecule has 2 aromatic heterocycles. The Hall–Kier alpha value is -1.58. The van der Waals surface area contributed by atoms with Crippen molar-refractivity contribution >= 4 is 11.2 Å². The quantitative estimate of drug-likeness (QED) is 0.769. The summed E-state index contributed by atoms with van der Waals surface area (Å²) in [6.07, 6.45) is 7.81. The van der Waals surface area contributed by atoms with Crippen molar-refractivity contribution in [1.29, 1.82) is 0 Å². The predicted molar refractivity (Wildman–Crippen MR) is 73.9 cm³/mol. The van der Waals surface area contributed by atoms with E-state index in [-0.39, 0.29) is 5.69 Å². The first-order valence-electron chi connectivity index (χ1n) is 6.83. The first-order chi connectivity index (χ1) is 8.76. The summed E-state index contributed by atoms with van der Waals surface area (Å²) in [7, 11) is 0. The highest BCUT2D eigenvalue weighted by Crippen LogP contribution is 2.28. The van der Waals surface area contributed by atoms with Gasteiger partial charge in [-0.25, -0.2) is 9.78 Å². The summed E-state index contributed by atoms with van der Waals surface area (Å²) in [5.74, 6) is 0.508. The molecule has 0 saturated heterocycles. The molecule has 0 fully saturated rings. The zero-order valence-corrected chi connectivity index (χ0v) is 11.1. The van der Waals surface area contributed by atoms with Crippen LogP contribution in [0.3, 0.4) is 0 Å². The Labute approximate surface area is 107 Å². The van der Waals surface area contributed by atoms with Crippen LogP contribution in [0.5, 0.6) is 0 Å². The number of aromatic nitrogens is 3. The molecule has 1 unspecified atom stereocenters. The number of rotatable bonds is 6. The van der Waals surface area contributed by atoms with Gasteiger partial charge in [-0.1, -0.05) is 33.1 Å². The molecule has 2 rings (SSSR count). The highest BCUT2D eigenvalue weighted by atomic mass is 16.1. The number of H-pyrrole nitrogens is 2. The summed E-state index contributed by atoms with van der Waals surface area (Å²) < 4.78 is 0. The van der Waals surface area contributed by atoms with E-state index in [1.54, 1.807) is 6.20 Å². The number of unbranched alkanes of at least 4 members (excludes halogenated alkanes) is 2. The maximum Gasteiger partial charge on any atom is 0.325 e. The highest BCUT2D eigenvalue weighted by Gasteiger charge is 2.14. The highest BCUT2D eigenvalue weighted by molar-refractivity contribution is 5.74. The van der Waals surface area contributed by atoms with Crippen molar-refractivity contribution in [3.63, 3.8) is 0 Å². The third kappa shape index (κ3) is 2.63. The zero-order valence-electron chi connectivity index (χ0n) is 11.1. The maximum absolute atomic E-state index is 11.4. The van der Waals surface area contributed by atoms with Crippen LogP contribution in [-0.4, -0.2) is 15.0 Å². The van der Waals surface area contributed by atoms with E-state index in [4.69, 9.17) is 0 Å². The summed E-state index contributed by atoms with van der Waals surface area (Å²) in [4.78, 5) is 21.1. The predicted octanol–water partition coefficient (Wildman–Crippen LogP) is 3.33. The molecule has 4 heteroatoms. The van der Waals surface area contributed by atoms with Crippen molar-refractivity contribution in [1.82, 2.24) is 15.0 Å². The molecule has 0 aromatic carbocycles. The third-order valence-electron chi connectivity index (χ3n) is 3.54. The minimum absolute atomic E-state index is 0.173. The van der Waals surface area contributed by atoms with Crippen LogP contribution in [0.1, 0.15) is 57.4 Å². The Balaban J connectivity index is 2.29. The van der Waals surface area contributed by atoms with Gasteiger partial charge in [-0.2, -0.15) is 0 Å². The van der Waals surface area contributed by atoms with Gasteiger partial charge in [-0.15, -0.1) is 0 Å². The van der Waals surface area contributed by atoms with Gasteiger partial charge in [0, 0.05) is 6.20 Å². The van der Waals surface area contributed by atoms with Crippen LogP contribution in [0.4, 0.5) is 0 Å². The third-order valence-corrected chi connectivity index (χ3v) is 3.54. The van der Waals surface area contributed by atoms with Crippen LogP contribution in [0, 0.1) is 0 Å². The van der Waals surface area contributed by atoms with Crippen molar-refractivity contribution < 1.29 is 0 Å². The smallest absolute Gasteiger partial charge is 0.304 e. The van der Waals surface area contributed by atoms with Crippen LogP contribution in [0.15, 0.2) is 17.1 Å². The molecule has 0 aliphatic carbocycles. The SMILES string of the molecule is CCCCCC(CC)c1ccnc2[nH]c(=O)[nH]c12. The zero-order chi connectivity index (χ0) is 13.0. The molecule has 2 heterocycles. The topological polar surface area (TPSA) is 61.5 Å². The maximum atomic E-state index is 11.4. The Bertz CT molecular complexity index is 555. The van der Waals surface area contributed by atoms with Gasteiger partial charge in [0.1, 0.15) is 0 Å². The van der Waals surface area contributed by atoms with Gasteiger partial charge >= 0.3 is 5.69 Å². The van der Waals surface area contributed by atoms with Crippen molar-refractivity contribution in [2.45, 2.75) is 51.9 Å². The Morgan fingerprint density at radius 3 is 2.83 bits per heavy atom. The number of nitrogens with zero attached hydrogens (tertiary/aromatic N) is 1. The van der Waals surface area contributed by atoms with Crippen LogP contribution < -0.4 is 5.69 Å². The Kier molecular flexibility index (Phi) is 4.18. The lowest BCUT2D eigenvalue weighted by molar-refractivity contribution is 0.555. The second-order valence-corrected chi connectivity index (χ2v) is 4.80. The Morgan fingerprint density at radius 1 is 1.28 bits per heavy atom. The van der Waals surface area contributed by atoms with E-state index in [0.717, 1.165) is 11.9 Å². The number of fused-ring (bicyclic) bond motifs is 1. The van der Waals surface area contributed by atoms with Gasteiger partial charge in [-0.05, 0) is 30.4 Å². The summed E-state index contributed by atoms with van der Waals surface area (Å²) in [6, 6.07) is 2.03. The molecule has 18 heavy (non-hydrogen) atoms. The molecule has 0 radical (unpaired) electrons. The van der Waals surface area contributed by atoms with Gasteiger partial charge in [0.2, 0.25) is 0 Å². The average Bonchev–Trinajstić information content (AvgIpc) is 2.75. The van der Waals surface area contributed by atoms with E-state index in [9.17, 15) is 4.79 Å². The van der Waals surface area contributed by atoms with E-state index in [0.29, 0.717) is 11.6 Å². The molecule has 98 valence electrons. The molecular weight excluding hydrogens is 226 g/mol. The minimum atomic E-state index is -0.173. The first kappa shape index (κ1) is 12.9. The molecule has 0 aliphatic heterocycles. The average molecular weight is 247 g/mol. The lowest BCUT2D eigenvalue weighted by Crippen LogP contribution is -2.01. The largest absolute Gasteiger partial charge is 0.325 e. The lowest BCUT2D eigenvalue weighted by atomic mass is 9.91. The number of nitrogens with one attached hydrogen (secondary N) is 2. The molecule has 0 bridgehead atoms. The molecule has 4 nitrogen and oxygen atoms in total. The van der Waals surface area contributed by atoms with E-state index >= 15 is 0 Å². The molecule has 2 aromatic rings. The molecule has 0 saturated carbocycles. The summed E-state index contributed by atoms with van der Waals surface area (Å²) in [5.41, 5.74) is 2.60. The molecule has 0 aliphatic rings. The van der Waals surface area contributed by atoms with Gasteiger partial charge in [-0.3, -0.25) is 4.98 Å². The molecular formula is C14H21N3O. The van der Waals surface area contributed by atoms with Gasteiger partial charge in [0.25, 0.3) is 0 Å². The van der Waals surface area contributed by atoms with Crippen molar-refractivity contribution in [3.8, 4) is 0 Å². The fourth-order valence-electron chi connectivity index (χ4n) is 2.52. The van der Waals surface area contributed by atoms with E-state index in [2.05, 4.69) is 28.8 Å². The van der Waals surface area contributed by atoms with Gasteiger partial charge in [0.05, 0.1) is 5.52 Å². The second-order valence-electron chi connectivity index (χ2n) is 4.80. The van der Waals surface area contributed by atoms with Gasteiger partial charge in [0.15, 0.2) is 5.65 Å². The number of pyridine rings is 1. The minimum Gasteiger partial charge on any atom is -0.304 e. The second kappa shape index (κ2) is 5.85. The van der Waals surface area contributed by atoms with Crippen LogP contribution in [-0.2, 0) is 0 Å². The summed E-state index contributed by atoms with van der Waals surface area (Å²) in [6.45, 7) is 4.42. The molecule has 0 amide bonds. The normalized spacial score (nSPS) is 13.0. The molecule has 2 N–H and O–H groups in total. The Morgan fingerprint density at radius 2 is 2.11 bits per heavy atom. The van der Waals surface area contributed by atoms with Crippen LogP contribution >= 0.6 is 0 Å². The summed E-state index contributed by atoms with van der Waals surface area (Å²) in [5, 5.41) is 0. The lowest BCUT2D eigenvalue weighted by Gasteiger charge is -2.15. The van der Waals surface area contributed by atoms with Crippen molar-refractivity contribution in [3.05, 3.63) is 28.3 Å². The fourth-order valence-corrected chi connectivity index (χ4v) is 2.52. The number of hydrogen-bond acceptors (Lipinski definition) is 2. The van der Waals surface area contributed by atoms with Gasteiger partial charge < -0.3 is 4.98 Å². The number of imidazole rings is 1. The first-order valence-corrected chi connectivity index (χ1v) is 6.83. The monoisotopic (exact) mass is 247 g/mol. The van der Waals surface area contributed by atoms with E-state index in [1.807, 2.05) is 6.07 Å². The van der Waals surface area contributed by atoms with Crippen LogP contribution in [0.25, 0.3) is 11.2 Å². The molecule has 0 spiro atoms.